The molecule has 4 aliphatic carbocycles. The fourth-order valence-corrected chi connectivity index (χ4v) is 7.90. The van der Waals surface area contributed by atoms with E-state index in [1.807, 2.05) is 0 Å². The van der Waals surface area contributed by atoms with E-state index >= 15 is 0 Å². The Bertz CT molecular complexity index is 1020. The SMILES string of the molecule is CCOC(=O)C1=C(CN2CCN(C(=O)C34CC5CC(CC(C5)C3)C4)CC2)NC(=O)NC1c1ccco1. The first-order chi connectivity index (χ1) is 17.4. The Morgan fingerprint density at radius 3 is 2.33 bits per heavy atom. The van der Waals surface area contributed by atoms with Crippen LogP contribution in [0.3, 0.4) is 0 Å². The lowest BCUT2D eigenvalue weighted by Crippen LogP contribution is -2.58. The summed E-state index contributed by atoms with van der Waals surface area (Å²) in [6, 6.07) is 2.38. The third kappa shape index (κ3) is 4.21. The lowest BCUT2D eigenvalue weighted by atomic mass is 9.49. The molecule has 1 saturated heterocycles. The van der Waals surface area contributed by atoms with Crippen LogP contribution in [0, 0.1) is 23.2 Å². The molecule has 0 aromatic carbocycles. The highest BCUT2D eigenvalue weighted by molar-refractivity contribution is 5.95. The molecule has 4 saturated carbocycles. The first kappa shape index (κ1) is 23.6. The van der Waals surface area contributed by atoms with E-state index in [-0.39, 0.29) is 18.1 Å². The molecule has 9 heteroatoms. The van der Waals surface area contributed by atoms with E-state index in [0.29, 0.717) is 55.7 Å². The van der Waals surface area contributed by atoms with Gasteiger partial charge in [0, 0.05) is 38.4 Å². The summed E-state index contributed by atoms with van der Waals surface area (Å²) in [5.74, 6) is 2.63. The first-order valence-corrected chi connectivity index (χ1v) is 13.5. The van der Waals surface area contributed by atoms with Gasteiger partial charge in [-0.15, -0.1) is 0 Å². The van der Waals surface area contributed by atoms with Crippen molar-refractivity contribution in [3.8, 4) is 0 Å². The number of ether oxygens (including phenoxy) is 1. The van der Waals surface area contributed by atoms with Gasteiger partial charge in [0.25, 0.3) is 0 Å². The van der Waals surface area contributed by atoms with Crippen LogP contribution >= 0.6 is 0 Å². The van der Waals surface area contributed by atoms with Gasteiger partial charge in [-0.3, -0.25) is 9.69 Å². The summed E-state index contributed by atoms with van der Waals surface area (Å²) < 4.78 is 10.8. The number of carbonyl (C=O) groups is 3. The van der Waals surface area contributed by atoms with Crippen molar-refractivity contribution in [1.82, 2.24) is 20.4 Å². The number of furan rings is 1. The van der Waals surface area contributed by atoms with Crippen LogP contribution in [0.25, 0.3) is 0 Å². The van der Waals surface area contributed by atoms with E-state index in [0.717, 1.165) is 37.0 Å². The molecule has 3 heterocycles. The number of hydrogen-bond donors (Lipinski definition) is 2. The van der Waals surface area contributed by atoms with Crippen LogP contribution in [0.2, 0.25) is 0 Å². The molecule has 2 aliphatic heterocycles. The molecule has 6 aliphatic rings. The monoisotopic (exact) mass is 496 g/mol. The summed E-state index contributed by atoms with van der Waals surface area (Å²) in [5.41, 5.74) is 0.772. The van der Waals surface area contributed by atoms with Crippen molar-refractivity contribution in [2.24, 2.45) is 23.2 Å². The fraction of sp³-hybridized carbons (Fsp3) is 0.667. The number of carbonyl (C=O) groups excluding carboxylic acids is 3. The Hall–Kier alpha value is -2.81. The number of amides is 3. The third-order valence-corrected chi connectivity index (χ3v) is 9.01. The number of nitrogens with zero attached hydrogens (tertiary/aromatic N) is 2. The molecule has 1 aromatic rings. The number of nitrogens with one attached hydrogen (secondary N) is 2. The maximum atomic E-state index is 13.7. The van der Waals surface area contributed by atoms with Crippen LogP contribution in [0.4, 0.5) is 4.79 Å². The topological polar surface area (TPSA) is 104 Å². The molecular weight excluding hydrogens is 460 g/mol. The van der Waals surface area contributed by atoms with E-state index < -0.39 is 12.0 Å². The maximum Gasteiger partial charge on any atom is 0.338 e. The van der Waals surface area contributed by atoms with Crippen molar-refractivity contribution in [1.29, 1.82) is 0 Å². The number of piperazine rings is 1. The van der Waals surface area contributed by atoms with Crippen LogP contribution in [0.5, 0.6) is 0 Å². The first-order valence-electron chi connectivity index (χ1n) is 13.5. The van der Waals surface area contributed by atoms with E-state index in [1.54, 1.807) is 19.1 Å². The summed E-state index contributed by atoms with van der Waals surface area (Å²) in [5, 5.41) is 5.62. The van der Waals surface area contributed by atoms with Crippen molar-refractivity contribution in [2.45, 2.75) is 51.5 Å². The highest BCUT2D eigenvalue weighted by Gasteiger charge is 2.55. The van der Waals surface area contributed by atoms with Crippen molar-refractivity contribution in [3.63, 3.8) is 0 Å². The van der Waals surface area contributed by atoms with Crippen LogP contribution in [-0.4, -0.2) is 67.0 Å². The van der Waals surface area contributed by atoms with Crippen molar-refractivity contribution in [2.75, 3.05) is 39.3 Å². The van der Waals surface area contributed by atoms with E-state index in [2.05, 4.69) is 20.4 Å². The lowest BCUT2D eigenvalue weighted by molar-refractivity contribution is -0.159. The summed E-state index contributed by atoms with van der Waals surface area (Å²) in [7, 11) is 0. The van der Waals surface area contributed by atoms with E-state index in [4.69, 9.17) is 9.15 Å². The van der Waals surface area contributed by atoms with Crippen molar-refractivity contribution in [3.05, 3.63) is 35.4 Å². The van der Waals surface area contributed by atoms with Crippen LogP contribution in [-0.2, 0) is 14.3 Å². The second-order valence-electron chi connectivity index (χ2n) is 11.4. The molecule has 0 radical (unpaired) electrons. The van der Waals surface area contributed by atoms with Gasteiger partial charge >= 0.3 is 12.0 Å². The van der Waals surface area contributed by atoms with E-state index in [1.165, 1.54) is 25.5 Å². The number of urea groups is 1. The maximum absolute atomic E-state index is 13.7. The standard InChI is InChI=1S/C27H36N4O5/c1-2-35-24(32)22-20(28-26(34)29-23(22)21-4-3-9-36-21)16-30-5-7-31(8-6-30)25(33)27-13-17-10-18(14-27)12-19(11-17)15-27/h3-4,9,17-19,23H,2,5-8,10-16H2,1H3,(H2,28,29,34). The van der Waals surface area contributed by atoms with Crippen LogP contribution in [0.1, 0.15) is 57.3 Å². The van der Waals surface area contributed by atoms with Crippen LogP contribution in [0.15, 0.2) is 34.1 Å². The minimum Gasteiger partial charge on any atom is -0.467 e. The fourth-order valence-electron chi connectivity index (χ4n) is 7.90. The third-order valence-electron chi connectivity index (χ3n) is 9.01. The van der Waals surface area contributed by atoms with Gasteiger partial charge in [-0.2, -0.15) is 0 Å². The quantitative estimate of drug-likeness (QED) is 0.587. The Morgan fingerprint density at radius 1 is 1.08 bits per heavy atom. The number of esters is 1. The van der Waals surface area contributed by atoms with Gasteiger partial charge in [0.15, 0.2) is 0 Å². The zero-order valence-corrected chi connectivity index (χ0v) is 21.0. The summed E-state index contributed by atoms with van der Waals surface area (Å²) in [6.07, 6.45) is 8.77. The Kier molecular flexibility index (Phi) is 6.06. The largest absolute Gasteiger partial charge is 0.467 e. The summed E-state index contributed by atoms with van der Waals surface area (Å²) in [6.45, 7) is 5.15. The Morgan fingerprint density at radius 2 is 1.75 bits per heavy atom. The van der Waals surface area contributed by atoms with Crippen molar-refractivity contribution >= 4 is 17.9 Å². The highest BCUT2D eigenvalue weighted by atomic mass is 16.5. The summed E-state index contributed by atoms with van der Waals surface area (Å²) >= 11 is 0. The molecule has 2 N–H and O–H groups in total. The van der Waals surface area contributed by atoms with Gasteiger partial charge < -0.3 is 24.7 Å². The molecule has 0 spiro atoms. The zero-order valence-electron chi connectivity index (χ0n) is 21.0. The second kappa shape index (κ2) is 9.25. The molecule has 1 atom stereocenters. The molecule has 9 nitrogen and oxygen atoms in total. The predicted octanol–water partition coefficient (Wildman–Crippen LogP) is 2.81. The molecule has 4 bridgehead atoms. The lowest BCUT2D eigenvalue weighted by Gasteiger charge is -2.57. The van der Waals surface area contributed by atoms with Gasteiger partial charge in [-0.1, -0.05) is 0 Å². The van der Waals surface area contributed by atoms with Crippen molar-refractivity contribution < 1.29 is 23.5 Å². The Balaban J connectivity index is 1.15. The van der Waals surface area contributed by atoms with Gasteiger partial charge in [0.1, 0.15) is 11.8 Å². The zero-order chi connectivity index (χ0) is 24.9. The highest BCUT2D eigenvalue weighted by Crippen LogP contribution is 2.60. The molecule has 194 valence electrons. The molecule has 1 unspecified atom stereocenters. The average molecular weight is 497 g/mol. The minimum absolute atomic E-state index is 0.115. The molecule has 36 heavy (non-hydrogen) atoms. The van der Waals surface area contributed by atoms with Crippen LogP contribution < -0.4 is 10.6 Å². The smallest absolute Gasteiger partial charge is 0.338 e. The minimum atomic E-state index is -0.707. The molecule has 1 aromatic heterocycles. The molecular formula is C27H36N4O5. The number of hydrogen-bond acceptors (Lipinski definition) is 6. The van der Waals surface area contributed by atoms with Gasteiger partial charge in [-0.25, -0.2) is 9.59 Å². The van der Waals surface area contributed by atoms with Gasteiger partial charge in [0.2, 0.25) is 5.91 Å². The number of rotatable bonds is 6. The Labute approximate surface area is 211 Å². The van der Waals surface area contributed by atoms with Gasteiger partial charge in [0.05, 0.1) is 23.9 Å². The molecule has 3 amide bonds. The predicted molar refractivity (Wildman–Crippen MR) is 130 cm³/mol. The van der Waals surface area contributed by atoms with E-state index in [9.17, 15) is 14.4 Å². The molecule has 7 rings (SSSR count). The normalized spacial score (nSPS) is 33.9. The van der Waals surface area contributed by atoms with Gasteiger partial charge in [-0.05, 0) is 75.3 Å². The second-order valence-corrected chi connectivity index (χ2v) is 11.4. The molecule has 5 fully saturated rings. The average Bonchev–Trinajstić information content (AvgIpc) is 3.38. The summed E-state index contributed by atoms with van der Waals surface area (Å²) in [4.78, 5) is 43.4.